The van der Waals surface area contributed by atoms with Gasteiger partial charge in [0.2, 0.25) is 0 Å². The van der Waals surface area contributed by atoms with Crippen LogP contribution in [0.5, 0.6) is 5.75 Å². The molecule has 0 bridgehead atoms. The van der Waals surface area contributed by atoms with Crippen molar-refractivity contribution in [2.75, 3.05) is 7.11 Å². The van der Waals surface area contributed by atoms with Gasteiger partial charge >= 0.3 is 0 Å². The zero-order chi connectivity index (χ0) is 10.5. The molecule has 0 radical (unpaired) electrons. The molecule has 0 fully saturated rings. The second kappa shape index (κ2) is 4.94. The van der Waals surface area contributed by atoms with Crippen molar-refractivity contribution in [2.24, 2.45) is 0 Å². The molecule has 0 saturated carbocycles. The number of H-pyrrole nitrogens is 1. The van der Waals surface area contributed by atoms with Gasteiger partial charge in [-0.2, -0.15) is 0 Å². The van der Waals surface area contributed by atoms with E-state index >= 15 is 0 Å². The van der Waals surface area contributed by atoms with E-state index in [2.05, 4.69) is 23.2 Å². The fraction of sp³-hybridized carbons (Fsp3) is 0.167. The first kappa shape index (κ1) is 10.2. The molecule has 2 aromatic rings. The molecule has 0 aliphatic carbocycles. The second-order valence-electron chi connectivity index (χ2n) is 3.18. The molecule has 0 saturated heterocycles. The van der Waals surface area contributed by atoms with Gasteiger partial charge in [0.15, 0.2) is 0 Å². The van der Waals surface area contributed by atoms with E-state index in [-0.39, 0.29) is 0 Å². The first-order valence-electron chi connectivity index (χ1n) is 4.77. The molecule has 0 aliphatic heterocycles. The summed E-state index contributed by atoms with van der Waals surface area (Å²) in [5.41, 5.74) is 1.31. The van der Waals surface area contributed by atoms with E-state index in [0.29, 0.717) is 0 Å². The number of aromatic nitrogens is 1. The number of hydrogen-bond donors (Lipinski definition) is 1. The van der Waals surface area contributed by atoms with Crippen molar-refractivity contribution in [1.82, 2.24) is 4.98 Å². The van der Waals surface area contributed by atoms with Crippen LogP contribution in [0.25, 0.3) is 0 Å². The van der Waals surface area contributed by atoms with Crippen LogP contribution >= 0.6 is 11.8 Å². The highest BCUT2D eigenvalue weighted by molar-refractivity contribution is 7.98. The molecule has 78 valence electrons. The van der Waals surface area contributed by atoms with Gasteiger partial charge in [-0.25, -0.2) is 0 Å². The van der Waals surface area contributed by atoms with E-state index < -0.39 is 0 Å². The standard InChI is InChI=1S/C12H13NOS/c1-14-11-4-2-10(3-5-11)9-15-12-6-7-13-8-12/h2-8,13H,9H2,1H3. The largest absolute Gasteiger partial charge is 0.497 e. The summed E-state index contributed by atoms with van der Waals surface area (Å²) in [4.78, 5) is 4.31. The first-order valence-corrected chi connectivity index (χ1v) is 5.75. The summed E-state index contributed by atoms with van der Waals surface area (Å²) >= 11 is 1.82. The molecule has 0 spiro atoms. The van der Waals surface area contributed by atoms with Crippen LogP contribution in [-0.2, 0) is 5.75 Å². The number of nitrogens with one attached hydrogen (secondary N) is 1. The van der Waals surface area contributed by atoms with Gasteiger partial charge in [0.05, 0.1) is 7.11 Å². The van der Waals surface area contributed by atoms with Gasteiger partial charge in [-0.05, 0) is 23.8 Å². The Bertz CT molecular complexity index is 394. The van der Waals surface area contributed by atoms with E-state index in [1.807, 2.05) is 36.3 Å². The van der Waals surface area contributed by atoms with Crippen molar-refractivity contribution in [3.63, 3.8) is 0 Å². The van der Waals surface area contributed by atoms with Gasteiger partial charge in [-0.3, -0.25) is 0 Å². The van der Waals surface area contributed by atoms with E-state index in [1.54, 1.807) is 7.11 Å². The van der Waals surface area contributed by atoms with Gasteiger partial charge in [-0.15, -0.1) is 11.8 Å². The number of benzene rings is 1. The Morgan fingerprint density at radius 3 is 2.60 bits per heavy atom. The van der Waals surface area contributed by atoms with E-state index in [0.717, 1.165) is 11.5 Å². The fourth-order valence-electron chi connectivity index (χ4n) is 1.29. The third-order valence-corrected chi connectivity index (χ3v) is 3.20. The number of thioether (sulfide) groups is 1. The minimum Gasteiger partial charge on any atom is -0.497 e. The molecule has 1 heterocycles. The Morgan fingerprint density at radius 1 is 1.20 bits per heavy atom. The van der Waals surface area contributed by atoms with E-state index in [4.69, 9.17) is 4.74 Å². The van der Waals surface area contributed by atoms with Crippen LogP contribution in [0.3, 0.4) is 0 Å². The summed E-state index contributed by atoms with van der Waals surface area (Å²) in [6.07, 6.45) is 3.95. The Labute approximate surface area is 93.7 Å². The number of ether oxygens (including phenoxy) is 1. The molecule has 0 unspecified atom stereocenters. The topological polar surface area (TPSA) is 25.0 Å². The van der Waals surface area contributed by atoms with Crippen LogP contribution in [0, 0.1) is 0 Å². The van der Waals surface area contributed by atoms with E-state index in [9.17, 15) is 0 Å². The average Bonchev–Trinajstić information content (AvgIpc) is 2.80. The lowest BCUT2D eigenvalue weighted by atomic mass is 10.2. The van der Waals surface area contributed by atoms with E-state index in [1.165, 1.54) is 10.5 Å². The van der Waals surface area contributed by atoms with Crippen LogP contribution in [0.1, 0.15) is 5.56 Å². The van der Waals surface area contributed by atoms with Crippen molar-refractivity contribution < 1.29 is 4.74 Å². The summed E-state index contributed by atoms with van der Waals surface area (Å²) < 4.78 is 5.11. The molecule has 2 nitrogen and oxygen atoms in total. The van der Waals surface area contributed by atoms with Crippen LogP contribution in [0.15, 0.2) is 47.6 Å². The summed E-state index contributed by atoms with van der Waals surface area (Å²) in [6, 6.07) is 10.3. The monoisotopic (exact) mass is 219 g/mol. The molecular formula is C12H13NOS. The Morgan fingerprint density at radius 2 is 2.00 bits per heavy atom. The van der Waals surface area contributed by atoms with Gasteiger partial charge in [-0.1, -0.05) is 12.1 Å². The number of rotatable bonds is 4. The predicted molar refractivity (Wildman–Crippen MR) is 63.3 cm³/mol. The quantitative estimate of drug-likeness (QED) is 0.798. The molecule has 0 amide bonds. The highest BCUT2D eigenvalue weighted by Crippen LogP contribution is 2.23. The normalized spacial score (nSPS) is 10.2. The van der Waals surface area contributed by atoms with Crippen LogP contribution in [-0.4, -0.2) is 12.1 Å². The number of aromatic amines is 1. The van der Waals surface area contributed by atoms with Crippen molar-refractivity contribution in [2.45, 2.75) is 10.6 Å². The maximum Gasteiger partial charge on any atom is 0.118 e. The third kappa shape index (κ3) is 2.80. The average molecular weight is 219 g/mol. The minimum absolute atomic E-state index is 0.908. The molecular weight excluding hydrogens is 206 g/mol. The van der Waals surface area contributed by atoms with Crippen LogP contribution in [0.2, 0.25) is 0 Å². The Hall–Kier alpha value is -1.35. The zero-order valence-electron chi connectivity index (χ0n) is 8.57. The SMILES string of the molecule is COc1ccc(CSc2cc[nH]c2)cc1. The van der Waals surface area contributed by atoms with Crippen molar-refractivity contribution in [1.29, 1.82) is 0 Å². The molecule has 1 aromatic heterocycles. The number of hydrogen-bond acceptors (Lipinski definition) is 2. The summed E-state index contributed by atoms with van der Waals surface area (Å²) in [7, 11) is 1.68. The maximum atomic E-state index is 5.11. The van der Waals surface area contributed by atoms with Gasteiger partial charge in [0, 0.05) is 23.0 Å². The van der Waals surface area contributed by atoms with Crippen molar-refractivity contribution in [3.8, 4) is 5.75 Å². The third-order valence-electron chi connectivity index (χ3n) is 2.13. The molecule has 15 heavy (non-hydrogen) atoms. The Balaban J connectivity index is 1.93. The first-order chi connectivity index (χ1) is 7.38. The molecule has 2 rings (SSSR count). The van der Waals surface area contributed by atoms with Crippen LogP contribution in [0.4, 0.5) is 0 Å². The molecule has 0 aliphatic rings. The van der Waals surface area contributed by atoms with Gasteiger partial charge in [0.25, 0.3) is 0 Å². The smallest absolute Gasteiger partial charge is 0.118 e. The maximum absolute atomic E-state index is 5.11. The van der Waals surface area contributed by atoms with Gasteiger partial charge in [0.1, 0.15) is 5.75 Å². The van der Waals surface area contributed by atoms with Gasteiger partial charge < -0.3 is 9.72 Å². The highest BCUT2D eigenvalue weighted by atomic mass is 32.2. The minimum atomic E-state index is 0.908. The lowest BCUT2D eigenvalue weighted by Gasteiger charge is -2.02. The second-order valence-corrected chi connectivity index (χ2v) is 4.23. The lowest BCUT2D eigenvalue weighted by Crippen LogP contribution is -1.83. The predicted octanol–water partition coefficient (Wildman–Crippen LogP) is 3.32. The number of methoxy groups -OCH3 is 1. The zero-order valence-corrected chi connectivity index (χ0v) is 9.38. The summed E-state index contributed by atoms with van der Waals surface area (Å²) in [6.45, 7) is 0. The molecule has 1 aromatic carbocycles. The summed E-state index contributed by atoms with van der Waals surface area (Å²) in [5.74, 6) is 1.90. The molecule has 0 atom stereocenters. The molecule has 1 N–H and O–H groups in total. The Kier molecular flexibility index (Phi) is 3.35. The van der Waals surface area contributed by atoms with Crippen LogP contribution < -0.4 is 4.74 Å². The lowest BCUT2D eigenvalue weighted by molar-refractivity contribution is 0.414. The summed E-state index contributed by atoms with van der Waals surface area (Å²) in [5, 5.41) is 0. The fourth-order valence-corrected chi connectivity index (χ4v) is 2.13. The highest BCUT2D eigenvalue weighted by Gasteiger charge is 1.97. The molecule has 3 heteroatoms. The van der Waals surface area contributed by atoms with Crippen molar-refractivity contribution in [3.05, 3.63) is 48.3 Å². The van der Waals surface area contributed by atoms with Crippen molar-refractivity contribution >= 4 is 11.8 Å².